The first-order chi connectivity index (χ1) is 14.1. The molecular formula is C24H24N2O3. The summed E-state index contributed by atoms with van der Waals surface area (Å²) >= 11 is 0. The van der Waals surface area contributed by atoms with Crippen LogP contribution in [0.2, 0.25) is 0 Å². The Labute approximate surface area is 170 Å². The minimum absolute atomic E-state index is 0.0936. The lowest BCUT2D eigenvalue weighted by atomic mass is 10.1. The number of hydrogen-bond acceptors (Lipinski definition) is 3. The Balaban J connectivity index is 1.64. The van der Waals surface area contributed by atoms with E-state index in [4.69, 9.17) is 4.74 Å². The molecule has 2 amide bonds. The molecule has 0 bridgehead atoms. The second kappa shape index (κ2) is 9.55. The Hall–Kier alpha value is -3.60. The monoisotopic (exact) mass is 388 g/mol. The van der Waals surface area contributed by atoms with Crippen LogP contribution < -0.4 is 15.0 Å². The van der Waals surface area contributed by atoms with Gasteiger partial charge in [-0.3, -0.25) is 9.59 Å². The molecule has 0 aliphatic heterocycles. The molecule has 3 rings (SSSR count). The Bertz CT molecular complexity index is 952. The number of benzene rings is 3. The molecule has 5 heteroatoms. The molecule has 0 spiro atoms. The summed E-state index contributed by atoms with van der Waals surface area (Å²) in [7, 11) is 1.62. The van der Waals surface area contributed by atoms with Gasteiger partial charge in [-0.2, -0.15) is 0 Å². The van der Waals surface area contributed by atoms with Crippen molar-refractivity contribution in [3.63, 3.8) is 0 Å². The Morgan fingerprint density at radius 1 is 0.862 bits per heavy atom. The van der Waals surface area contributed by atoms with E-state index in [0.717, 1.165) is 17.0 Å². The third kappa shape index (κ3) is 5.02. The summed E-state index contributed by atoms with van der Waals surface area (Å²) in [5.41, 5.74) is 2.88. The van der Waals surface area contributed by atoms with Crippen LogP contribution in [0.15, 0.2) is 78.9 Å². The van der Waals surface area contributed by atoms with Gasteiger partial charge in [0.25, 0.3) is 11.8 Å². The first kappa shape index (κ1) is 20.1. The van der Waals surface area contributed by atoms with Crippen molar-refractivity contribution in [2.45, 2.75) is 13.5 Å². The Morgan fingerprint density at radius 2 is 1.48 bits per heavy atom. The molecule has 0 atom stereocenters. The van der Waals surface area contributed by atoms with Gasteiger partial charge < -0.3 is 15.0 Å². The Morgan fingerprint density at radius 3 is 2.07 bits per heavy atom. The number of nitrogens with zero attached hydrogens (tertiary/aromatic N) is 1. The fraction of sp³-hybridized carbons (Fsp3) is 0.167. The van der Waals surface area contributed by atoms with Crippen LogP contribution in [-0.2, 0) is 6.54 Å². The summed E-state index contributed by atoms with van der Waals surface area (Å²) in [6.07, 6.45) is 0. The number of anilines is 1. The molecule has 0 unspecified atom stereocenters. The zero-order chi connectivity index (χ0) is 20.6. The molecule has 0 aromatic heterocycles. The fourth-order valence-electron chi connectivity index (χ4n) is 3.00. The predicted molar refractivity (Wildman–Crippen MR) is 114 cm³/mol. The van der Waals surface area contributed by atoms with Gasteiger partial charge in [0.1, 0.15) is 5.75 Å². The highest BCUT2D eigenvalue weighted by Gasteiger charge is 2.16. The van der Waals surface area contributed by atoms with E-state index in [9.17, 15) is 9.59 Å². The van der Waals surface area contributed by atoms with Gasteiger partial charge in [-0.1, -0.05) is 30.3 Å². The fourth-order valence-corrected chi connectivity index (χ4v) is 3.00. The summed E-state index contributed by atoms with van der Waals surface area (Å²) in [5, 5.41) is 2.89. The van der Waals surface area contributed by atoms with Crippen molar-refractivity contribution in [1.29, 1.82) is 0 Å². The molecule has 1 N–H and O–H groups in total. The average molecular weight is 388 g/mol. The molecule has 0 saturated heterocycles. The normalized spacial score (nSPS) is 10.3. The van der Waals surface area contributed by atoms with Crippen molar-refractivity contribution in [2.24, 2.45) is 0 Å². The quantitative estimate of drug-likeness (QED) is 0.657. The molecule has 148 valence electrons. The van der Waals surface area contributed by atoms with Crippen LogP contribution in [0, 0.1) is 0 Å². The molecule has 5 nitrogen and oxygen atoms in total. The number of nitrogens with one attached hydrogen (secondary N) is 1. The maximum Gasteiger partial charge on any atom is 0.258 e. The third-order valence-corrected chi connectivity index (χ3v) is 4.64. The summed E-state index contributed by atoms with van der Waals surface area (Å²) < 4.78 is 5.13. The number of rotatable bonds is 7. The van der Waals surface area contributed by atoms with E-state index in [1.54, 1.807) is 36.3 Å². The van der Waals surface area contributed by atoms with E-state index in [1.165, 1.54) is 0 Å². The summed E-state index contributed by atoms with van der Waals surface area (Å²) in [6, 6.07) is 23.8. The largest absolute Gasteiger partial charge is 0.497 e. The van der Waals surface area contributed by atoms with Crippen LogP contribution in [0.4, 0.5) is 5.69 Å². The van der Waals surface area contributed by atoms with E-state index in [1.807, 2.05) is 61.5 Å². The second-order valence-electron chi connectivity index (χ2n) is 6.49. The molecule has 0 saturated carbocycles. The number of hydrogen-bond donors (Lipinski definition) is 1. The zero-order valence-electron chi connectivity index (χ0n) is 16.6. The maximum absolute atomic E-state index is 12.8. The SMILES string of the molecule is CCN(C(=O)c1ccc(C(=O)NCc2ccc(OC)cc2)cc1)c1ccccc1. The van der Waals surface area contributed by atoms with E-state index in [-0.39, 0.29) is 11.8 Å². The van der Waals surface area contributed by atoms with Crippen LogP contribution in [0.25, 0.3) is 0 Å². The van der Waals surface area contributed by atoms with Gasteiger partial charge >= 0.3 is 0 Å². The number of ether oxygens (including phenoxy) is 1. The molecule has 0 aliphatic carbocycles. The molecule has 29 heavy (non-hydrogen) atoms. The van der Waals surface area contributed by atoms with Crippen LogP contribution >= 0.6 is 0 Å². The minimum Gasteiger partial charge on any atom is -0.497 e. The Kier molecular flexibility index (Phi) is 6.63. The van der Waals surface area contributed by atoms with Crippen LogP contribution in [-0.4, -0.2) is 25.5 Å². The molecule has 3 aromatic rings. The maximum atomic E-state index is 12.8. The second-order valence-corrected chi connectivity index (χ2v) is 6.49. The van der Waals surface area contributed by atoms with E-state index < -0.39 is 0 Å². The van der Waals surface area contributed by atoms with Gasteiger partial charge in [-0.05, 0) is 61.0 Å². The van der Waals surface area contributed by atoms with Crippen LogP contribution in [0.5, 0.6) is 5.75 Å². The number of carbonyl (C=O) groups is 2. The standard InChI is InChI=1S/C24H24N2O3/c1-3-26(21-7-5-4-6-8-21)24(28)20-13-11-19(12-14-20)23(27)25-17-18-9-15-22(29-2)16-10-18/h4-16H,3,17H2,1-2H3,(H,25,27). The highest BCUT2D eigenvalue weighted by Crippen LogP contribution is 2.17. The number of methoxy groups -OCH3 is 1. The molecule has 3 aromatic carbocycles. The van der Waals surface area contributed by atoms with Crippen molar-refractivity contribution in [3.8, 4) is 5.75 Å². The molecule has 0 aliphatic rings. The van der Waals surface area contributed by atoms with Gasteiger partial charge in [0.2, 0.25) is 0 Å². The van der Waals surface area contributed by atoms with Crippen molar-refractivity contribution in [2.75, 3.05) is 18.6 Å². The summed E-state index contributed by atoms with van der Waals surface area (Å²) in [6.45, 7) is 2.92. The average Bonchev–Trinajstić information content (AvgIpc) is 2.79. The van der Waals surface area contributed by atoms with Gasteiger partial charge in [0.15, 0.2) is 0 Å². The van der Waals surface area contributed by atoms with Crippen molar-refractivity contribution in [3.05, 3.63) is 95.6 Å². The van der Waals surface area contributed by atoms with Gasteiger partial charge in [0.05, 0.1) is 7.11 Å². The number of carbonyl (C=O) groups excluding carboxylic acids is 2. The van der Waals surface area contributed by atoms with Crippen molar-refractivity contribution < 1.29 is 14.3 Å². The van der Waals surface area contributed by atoms with Gasteiger partial charge in [-0.15, -0.1) is 0 Å². The first-order valence-electron chi connectivity index (χ1n) is 9.50. The number of amides is 2. The third-order valence-electron chi connectivity index (χ3n) is 4.64. The predicted octanol–water partition coefficient (Wildman–Crippen LogP) is 4.29. The molecule has 0 radical (unpaired) electrons. The van der Waals surface area contributed by atoms with Gasteiger partial charge in [0, 0.05) is 29.9 Å². The first-order valence-corrected chi connectivity index (χ1v) is 9.50. The van der Waals surface area contributed by atoms with Crippen molar-refractivity contribution in [1.82, 2.24) is 5.32 Å². The van der Waals surface area contributed by atoms with Gasteiger partial charge in [-0.25, -0.2) is 0 Å². The minimum atomic E-state index is -0.185. The van der Waals surface area contributed by atoms with Crippen LogP contribution in [0.1, 0.15) is 33.2 Å². The molecular weight excluding hydrogens is 364 g/mol. The highest BCUT2D eigenvalue weighted by molar-refractivity contribution is 6.06. The molecule has 0 fully saturated rings. The lowest BCUT2D eigenvalue weighted by Gasteiger charge is -2.21. The summed E-state index contributed by atoms with van der Waals surface area (Å²) in [4.78, 5) is 26.9. The smallest absolute Gasteiger partial charge is 0.258 e. The van der Waals surface area contributed by atoms with E-state index in [2.05, 4.69) is 5.32 Å². The number of para-hydroxylation sites is 1. The highest BCUT2D eigenvalue weighted by atomic mass is 16.5. The van der Waals surface area contributed by atoms with Crippen molar-refractivity contribution >= 4 is 17.5 Å². The van der Waals surface area contributed by atoms with Crippen LogP contribution in [0.3, 0.4) is 0 Å². The molecule has 0 heterocycles. The van der Waals surface area contributed by atoms with E-state index >= 15 is 0 Å². The van der Waals surface area contributed by atoms with E-state index in [0.29, 0.717) is 24.2 Å². The topological polar surface area (TPSA) is 58.6 Å². The zero-order valence-corrected chi connectivity index (χ0v) is 16.6. The lowest BCUT2D eigenvalue weighted by molar-refractivity contribution is 0.0947. The lowest BCUT2D eigenvalue weighted by Crippen LogP contribution is -2.30. The summed E-state index contributed by atoms with van der Waals surface area (Å²) in [5.74, 6) is 0.496.